The molecule has 2 aromatic rings. The topological polar surface area (TPSA) is 43.8 Å². The number of nitrogens with two attached hydrogens (primary N) is 1. The quantitative estimate of drug-likeness (QED) is 0.879. The zero-order valence-corrected chi connectivity index (χ0v) is 9.96. The van der Waals surface area contributed by atoms with Crippen LogP contribution in [0.1, 0.15) is 5.69 Å². The Morgan fingerprint density at radius 3 is 2.24 bits per heavy atom. The molecule has 0 unspecified atom stereocenters. The van der Waals surface area contributed by atoms with Crippen LogP contribution in [0.5, 0.6) is 0 Å². The number of rotatable bonds is 1. The minimum absolute atomic E-state index is 0.0559. The number of halogens is 4. The Bertz CT molecular complexity index is 531. The molecule has 0 aliphatic carbocycles. The molecule has 0 bridgehead atoms. The monoisotopic (exact) mass is 305 g/mol. The Hall–Kier alpha value is -1.50. The van der Waals surface area contributed by atoms with E-state index in [2.05, 4.69) is 21.0 Å². The minimum atomic E-state index is -4.49. The van der Waals surface area contributed by atoms with Crippen LogP contribution in [0.15, 0.2) is 34.8 Å². The van der Waals surface area contributed by atoms with Crippen molar-refractivity contribution >= 4 is 21.7 Å². The summed E-state index contributed by atoms with van der Waals surface area (Å²) in [5, 5.41) is 3.43. The highest BCUT2D eigenvalue weighted by molar-refractivity contribution is 9.10. The molecule has 7 heteroatoms. The molecule has 0 amide bonds. The number of aromatic nitrogens is 2. The van der Waals surface area contributed by atoms with Gasteiger partial charge >= 0.3 is 6.18 Å². The van der Waals surface area contributed by atoms with Crippen LogP contribution in [0.3, 0.4) is 0 Å². The lowest BCUT2D eigenvalue weighted by Gasteiger charge is -2.04. The van der Waals surface area contributed by atoms with Crippen LogP contribution in [0.4, 0.5) is 19.0 Å². The maximum atomic E-state index is 12.4. The van der Waals surface area contributed by atoms with Crippen LogP contribution in [-0.4, -0.2) is 9.78 Å². The van der Waals surface area contributed by atoms with Gasteiger partial charge < -0.3 is 5.73 Å². The first-order chi connectivity index (χ1) is 7.88. The Kier molecular flexibility index (Phi) is 2.86. The summed E-state index contributed by atoms with van der Waals surface area (Å²) in [6.45, 7) is 0. The van der Waals surface area contributed by atoms with Gasteiger partial charge in [0.2, 0.25) is 0 Å². The van der Waals surface area contributed by atoms with E-state index in [9.17, 15) is 13.2 Å². The maximum absolute atomic E-state index is 12.4. The van der Waals surface area contributed by atoms with Gasteiger partial charge in [0.25, 0.3) is 0 Å². The molecule has 1 aromatic heterocycles. The summed E-state index contributed by atoms with van der Waals surface area (Å²) < 4.78 is 39.1. The second kappa shape index (κ2) is 4.06. The highest BCUT2D eigenvalue weighted by atomic mass is 79.9. The molecular formula is C10H7BrF3N3. The summed E-state index contributed by atoms with van der Waals surface area (Å²) in [4.78, 5) is 0. The molecule has 2 rings (SSSR count). The average Bonchev–Trinajstić information content (AvgIpc) is 2.61. The van der Waals surface area contributed by atoms with E-state index in [1.807, 2.05) is 0 Å². The lowest BCUT2D eigenvalue weighted by molar-refractivity contribution is -0.141. The van der Waals surface area contributed by atoms with Gasteiger partial charge in [-0.15, -0.1) is 0 Å². The first-order valence-corrected chi connectivity index (χ1v) is 5.36. The molecule has 1 heterocycles. The fraction of sp³-hybridized carbons (Fsp3) is 0.100. The van der Waals surface area contributed by atoms with Crippen molar-refractivity contribution in [3.63, 3.8) is 0 Å². The molecule has 0 atom stereocenters. The SMILES string of the molecule is Nc1cc(C(F)(F)F)nn1-c1ccc(Br)cc1. The van der Waals surface area contributed by atoms with Crippen LogP contribution in [0, 0.1) is 0 Å². The van der Waals surface area contributed by atoms with Gasteiger partial charge in [-0.05, 0) is 24.3 Å². The number of hydrogen-bond acceptors (Lipinski definition) is 2. The molecule has 0 fully saturated rings. The Morgan fingerprint density at radius 1 is 1.18 bits per heavy atom. The Balaban J connectivity index is 2.46. The van der Waals surface area contributed by atoms with Crippen molar-refractivity contribution in [2.75, 3.05) is 5.73 Å². The van der Waals surface area contributed by atoms with E-state index in [0.29, 0.717) is 5.69 Å². The van der Waals surface area contributed by atoms with E-state index >= 15 is 0 Å². The second-order valence-electron chi connectivity index (χ2n) is 3.34. The van der Waals surface area contributed by atoms with E-state index in [-0.39, 0.29) is 5.82 Å². The van der Waals surface area contributed by atoms with Gasteiger partial charge in [0.15, 0.2) is 5.69 Å². The third-order valence-corrected chi connectivity index (χ3v) is 2.63. The second-order valence-corrected chi connectivity index (χ2v) is 4.26. The molecule has 0 saturated carbocycles. The van der Waals surface area contributed by atoms with Gasteiger partial charge in [0.05, 0.1) is 5.69 Å². The molecule has 1 aromatic carbocycles. The summed E-state index contributed by atoms with van der Waals surface area (Å²) in [5.41, 5.74) is 4.97. The molecule has 0 spiro atoms. The maximum Gasteiger partial charge on any atom is 0.435 e. The van der Waals surface area contributed by atoms with E-state index < -0.39 is 11.9 Å². The summed E-state index contributed by atoms with van der Waals surface area (Å²) >= 11 is 3.23. The highest BCUT2D eigenvalue weighted by Gasteiger charge is 2.34. The third kappa shape index (κ3) is 2.44. The summed E-state index contributed by atoms with van der Waals surface area (Å²) in [6.07, 6.45) is -4.49. The van der Waals surface area contributed by atoms with Crippen molar-refractivity contribution in [2.24, 2.45) is 0 Å². The van der Waals surface area contributed by atoms with Crippen LogP contribution in [0.25, 0.3) is 5.69 Å². The molecule has 2 N–H and O–H groups in total. The van der Waals surface area contributed by atoms with Crippen LogP contribution in [0.2, 0.25) is 0 Å². The number of nitrogen functional groups attached to an aromatic ring is 1. The summed E-state index contributed by atoms with van der Waals surface area (Å²) in [5.74, 6) is -0.0559. The van der Waals surface area contributed by atoms with Gasteiger partial charge in [0.1, 0.15) is 5.82 Å². The van der Waals surface area contributed by atoms with Crippen molar-refractivity contribution in [3.05, 3.63) is 40.5 Å². The predicted molar refractivity (Wildman–Crippen MR) is 60.7 cm³/mol. The van der Waals surface area contributed by atoms with Crippen LogP contribution >= 0.6 is 15.9 Å². The van der Waals surface area contributed by atoms with Crippen LogP contribution < -0.4 is 5.73 Å². The molecule has 3 nitrogen and oxygen atoms in total. The fourth-order valence-corrected chi connectivity index (χ4v) is 1.59. The van der Waals surface area contributed by atoms with Crippen molar-refractivity contribution < 1.29 is 13.2 Å². The van der Waals surface area contributed by atoms with Crippen LogP contribution in [-0.2, 0) is 6.18 Å². The van der Waals surface area contributed by atoms with E-state index in [1.54, 1.807) is 24.3 Å². The normalized spacial score (nSPS) is 11.8. The molecule has 0 saturated heterocycles. The lowest BCUT2D eigenvalue weighted by Crippen LogP contribution is -2.07. The molecular weight excluding hydrogens is 299 g/mol. The average molecular weight is 306 g/mol. The first kappa shape index (κ1) is 12.0. The number of benzene rings is 1. The number of alkyl halides is 3. The zero-order chi connectivity index (χ0) is 12.6. The predicted octanol–water partition coefficient (Wildman–Crippen LogP) is 3.24. The van der Waals surface area contributed by atoms with E-state index in [4.69, 9.17) is 5.73 Å². The summed E-state index contributed by atoms with van der Waals surface area (Å²) in [7, 11) is 0. The summed E-state index contributed by atoms with van der Waals surface area (Å²) in [6, 6.07) is 7.44. The largest absolute Gasteiger partial charge is 0.435 e. The zero-order valence-electron chi connectivity index (χ0n) is 8.37. The molecule has 17 heavy (non-hydrogen) atoms. The van der Waals surface area contributed by atoms with Crippen molar-refractivity contribution in [1.29, 1.82) is 0 Å². The van der Waals surface area contributed by atoms with Gasteiger partial charge in [0, 0.05) is 10.5 Å². The van der Waals surface area contributed by atoms with Gasteiger partial charge in [-0.25, -0.2) is 4.68 Å². The molecule has 90 valence electrons. The Labute approximate surface area is 103 Å². The van der Waals surface area contributed by atoms with Crippen molar-refractivity contribution in [3.8, 4) is 5.69 Å². The third-order valence-electron chi connectivity index (χ3n) is 2.10. The molecule has 0 aliphatic heterocycles. The standard InChI is InChI=1S/C10H7BrF3N3/c11-6-1-3-7(4-2-6)17-9(15)5-8(16-17)10(12,13)14/h1-5H,15H2. The number of nitrogens with zero attached hydrogens (tertiary/aromatic N) is 2. The van der Waals surface area contributed by atoms with Gasteiger partial charge in [-0.1, -0.05) is 15.9 Å². The van der Waals surface area contributed by atoms with Crippen molar-refractivity contribution in [1.82, 2.24) is 9.78 Å². The number of hydrogen-bond donors (Lipinski definition) is 1. The van der Waals surface area contributed by atoms with Crippen molar-refractivity contribution in [2.45, 2.75) is 6.18 Å². The molecule has 0 aliphatic rings. The fourth-order valence-electron chi connectivity index (χ4n) is 1.32. The van der Waals surface area contributed by atoms with E-state index in [0.717, 1.165) is 15.2 Å². The van der Waals surface area contributed by atoms with Gasteiger partial charge in [-0.3, -0.25) is 0 Å². The minimum Gasteiger partial charge on any atom is -0.384 e. The first-order valence-electron chi connectivity index (χ1n) is 4.56. The van der Waals surface area contributed by atoms with E-state index in [1.165, 1.54) is 0 Å². The lowest BCUT2D eigenvalue weighted by atomic mass is 10.3. The molecule has 0 radical (unpaired) electrons. The Morgan fingerprint density at radius 2 is 1.76 bits per heavy atom. The number of anilines is 1. The highest BCUT2D eigenvalue weighted by Crippen LogP contribution is 2.30. The van der Waals surface area contributed by atoms with Gasteiger partial charge in [-0.2, -0.15) is 18.3 Å². The smallest absolute Gasteiger partial charge is 0.384 e.